The fourth-order valence-corrected chi connectivity index (χ4v) is 3.47. The van der Waals surface area contributed by atoms with Gasteiger partial charge in [-0.15, -0.1) is 0 Å². The Kier molecular flexibility index (Phi) is 7.24. The molecule has 0 saturated heterocycles. The first-order valence-corrected chi connectivity index (χ1v) is 10.1. The molecule has 3 N–H and O–H groups in total. The van der Waals surface area contributed by atoms with E-state index in [0.717, 1.165) is 5.56 Å². The highest BCUT2D eigenvalue weighted by Gasteiger charge is 2.16. The zero-order valence-electron chi connectivity index (χ0n) is 15.3. The van der Waals surface area contributed by atoms with Gasteiger partial charge in [0.25, 0.3) is 15.9 Å². The Morgan fingerprint density at radius 3 is 2.39 bits per heavy atom. The van der Waals surface area contributed by atoms with E-state index in [1.807, 2.05) is 4.72 Å². The molecule has 0 aliphatic heterocycles. The molecule has 2 aromatic carbocycles. The van der Waals surface area contributed by atoms with Crippen LogP contribution < -0.4 is 20.1 Å². The molecule has 0 aliphatic rings. The summed E-state index contributed by atoms with van der Waals surface area (Å²) in [5, 5.41) is 5.37. The number of ether oxygens (including phenoxy) is 1. The molecule has 0 saturated carbocycles. The second-order valence-corrected chi connectivity index (χ2v) is 7.80. The van der Waals surface area contributed by atoms with Crippen molar-refractivity contribution in [1.29, 1.82) is 0 Å². The number of urea groups is 1. The zero-order valence-corrected chi connectivity index (χ0v) is 16.9. The van der Waals surface area contributed by atoms with Crippen molar-refractivity contribution in [2.75, 3.05) is 20.7 Å². The topological polar surface area (TPSA) is 114 Å². The molecule has 150 valence electrons. The molecule has 0 aromatic heterocycles. The third-order valence-corrected chi connectivity index (χ3v) is 5.38. The first-order chi connectivity index (χ1) is 13.3. The maximum absolute atomic E-state index is 12.3. The van der Waals surface area contributed by atoms with E-state index in [0.29, 0.717) is 29.3 Å². The lowest BCUT2D eigenvalue weighted by Gasteiger charge is -2.10. The van der Waals surface area contributed by atoms with E-state index in [1.165, 1.54) is 32.4 Å². The number of carbonyl (C=O) groups is 2. The number of nitrogens with one attached hydrogen (secondary N) is 3. The molecular formula is C18H20ClN3O5S. The van der Waals surface area contributed by atoms with E-state index in [4.69, 9.17) is 16.3 Å². The number of rotatable bonds is 7. The van der Waals surface area contributed by atoms with Crippen LogP contribution in [0.25, 0.3) is 0 Å². The molecule has 0 atom stereocenters. The van der Waals surface area contributed by atoms with Gasteiger partial charge in [0.15, 0.2) is 0 Å². The van der Waals surface area contributed by atoms with E-state index in [1.54, 1.807) is 24.3 Å². The summed E-state index contributed by atoms with van der Waals surface area (Å²) in [5.41, 5.74) is 1.15. The van der Waals surface area contributed by atoms with Gasteiger partial charge in [0.1, 0.15) is 5.75 Å². The van der Waals surface area contributed by atoms with Crippen molar-refractivity contribution >= 4 is 33.6 Å². The predicted octanol–water partition coefficient (Wildman–Crippen LogP) is 1.94. The minimum Gasteiger partial charge on any atom is -0.496 e. The lowest BCUT2D eigenvalue weighted by Crippen LogP contribution is -2.37. The summed E-state index contributed by atoms with van der Waals surface area (Å²) in [5.74, 6) is 0.0911. The fraction of sp³-hybridized carbons (Fsp3) is 0.222. The first kappa shape index (κ1) is 21.5. The van der Waals surface area contributed by atoms with Crippen LogP contribution in [-0.4, -0.2) is 41.1 Å². The minimum absolute atomic E-state index is 0.0347. The average molecular weight is 426 g/mol. The number of amides is 3. The van der Waals surface area contributed by atoms with Gasteiger partial charge in [-0.1, -0.05) is 23.7 Å². The standard InChI is InChI=1S/C18H20ClN3O5S/c1-20-18(24)22-28(25,26)14-6-3-12(4-7-14)9-10-21-17(23)15-11-13(19)5-8-16(15)27-2/h3-8,11H,9-10H2,1-2H3,(H,21,23)(H2,20,22,24). The number of sulfonamides is 1. The smallest absolute Gasteiger partial charge is 0.328 e. The molecule has 2 rings (SSSR count). The summed E-state index contributed by atoms with van der Waals surface area (Å²) in [6.07, 6.45) is 0.484. The monoisotopic (exact) mass is 425 g/mol. The van der Waals surface area contributed by atoms with Crippen LogP contribution >= 0.6 is 11.6 Å². The van der Waals surface area contributed by atoms with Crippen molar-refractivity contribution in [3.8, 4) is 5.75 Å². The van der Waals surface area contributed by atoms with Crippen molar-refractivity contribution in [2.45, 2.75) is 11.3 Å². The van der Waals surface area contributed by atoms with Crippen LogP contribution in [0, 0.1) is 0 Å². The first-order valence-electron chi connectivity index (χ1n) is 8.22. The van der Waals surface area contributed by atoms with E-state index in [-0.39, 0.29) is 10.8 Å². The Bertz CT molecular complexity index is 962. The maximum atomic E-state index is 12.3. The van der Waals surface area contributed by atoms with Gasteiger partial charge >= 0.3 is 6.03 Å². The molecule has 0 fully saturated rings. The molecule has 0 bridgehead atoms. The van der Waals surface area contributed by atoms with E-state index < -0.39 is 16.1 Å². The molecule has 0 unspecified atom stereocenters. The molecule has 28 heavy (non-hydrogen) atoms. The number of carbonyl (C=O) groups excluding carboxylic acids is 2. The van der Waals surface area contributed by atoms with Gasteiger partial charge in [-0.2, -0.15) is 0 Å². The van der Waals surface area contributed by atoms with Crippen LogP contribution in [0.3, 0.4) is 0 Å². The van der Waals surface area contributed by atoms with Gasteiger partial charge in [0.05, 0.1) is 17.6 Å². The van der Waals surface area contributed by atoms with Gasteiger partial charge in [0.2, 0.25) is 0 Å². The lowest BCUT2D eigenvalue weighted by molar-refractivity contribution is 0.0951. The molecule has 0 spiro atoms. The summed E-state index contributed by atoms with van der Waals surface area (Å²) < 4.78 is 31.1. The number of hydrogen-bond acceptors (Lipinski definition) is 5. The molecule has 10 heteroatoms. The third-order valence-electron chi connectivity index (χ3n) is 3.79. The molecular weight excluding hydrogens is 406 g/mol. The highest BCUT2D eigenvalue weighted by molar-refractivity contribution is 7.90. The van der Waals surface area contributed by atoms with Crippen molar-refractivity contribution < 1.29 is 22.7 Å². The average Bonchev–Trinajstić information content (AvgIpc) is 2.67. The predicted molar refractivity (Wildman–Crippen MR) is 105 cm³/mol. The van der Waals surface area contributed by atoms with Gasteiger partial charge in [-0.3, -0.25) is 4.79 Å². The Morgan fingerprint density at radius 1 is 1.11 bits per heavy atom. The summed E-state index contributed by atoms with van der Waals surface area (Å²) in [7, 11) is -1.14. The second-order valence-electron chi connectivity index (χ2n) is 5.68. The van der Waals surface area contributed by atoms with Crippen LogP contribution in [-0.2, 0) is 16.4 Å². The van der Waals surface area contributed by atoms with Gasteiger partial charge < -0.3 is 15.4 Å². The van der Waals surface area contributed by atoms with Crippen molar-refractivity contribution in [3.05, 3.63) is 58.6 Å². The Labute approximate surface area is 168 Å². The molecule has 0 radical (unpaired) electrons. The summed E-state index contributed by atoms with van der Waals surface area (Å²) in [4.78, 5) is 23.5. The quantitative estimate of drug-likeness (QED) is 0.627. The fourth-order valence-electron chi connectivity index (χ4n) is 2.34. The van der Waals surface area contributed by atoms with Crippen LogP contribution in [0.5, 0.6) is 5.75 Å². The molecule has 2 aromatic rings. The Balaban J connectivity index is 1.96. The zero-order chi connectivity index (χ0) is 20.7. The van der Waals surface area contributed by atoms with Crippen molar-refractivity contribution in [2.24, 2.45) is 0 Å². The largest absolute Gasteiger partial charge is 0.496 e. The van der Waals surface area contributed by atoms with E-state index >= 15 is 0 Å². The Morgan fingerprint density at radius 2 is 1.79 bits per heavy atom. The second kappa shape index (κ2) is 9.43. The minimum atomic E-state index is -3.93. The van der Waals surface area contributed by atoms with Crippen LogP contribution in [0.1, 0.15) is 15.9 Å². The van der Waals surface area contributed by atoms with E-state index in [2.05, 4.69) is 10.6 Å². The van der Waals surface area contributed by atoms with Crippen molar-refractivity contribution in [3.63, 3.8) is 0 Å². The van der Waals surface area contributed by atoms with Gasteiger partial charge in [0, 0.05) is 18.6 Å². The van der Waals surface area contributed by atoms with Crippen LogP contribution in [0.2, 0.25) is 5.02 Å². The highest BCUT2D eigenvalue weighted by Crippen LogP contribution is 2.22. The number of halogens is 1. The molecule has 0 aliphatic carbocycles. The third kappa shape index (κ3) is 5.61. The summed E-state index contributed by atoms with van der Waals surface area (Å²) in [6.45, 7) is 0.330. The van der Waals surface area contributed by atoms with Crippen molar-refractivity contribution in [1.82, 2.24) is 15.4 Å². The number of methoxy groups -OCH3 is 1. The van der Waals surface area contributed by atoms with Crippen LogP contribution in [0.15, 0.2) is 47.4 Å². The molecule has 3 amide bonds. The summed E-state index contributed by atoms with van der Waals surface area (Å²) in [6, 6.07) is 9.97. The molecule has 0 heterocycles. The lowest BCUT2D eigenvalue weighted by atomic mass is 10.1. The van der Waals surface area contributed by atoms with Gasteiger partial charge in [-0.05, 0) is 42.3 Å². The molecule has 8 nitrogen and oxygen atoms in total. The van der Waals surface area contributed by atoms with E-state index in [9.17, 15) is 18.0 Å². The van der Waals surface area contributed by atoms with Gasteiger partial charge in [-0.25, -0.2) is 17.9 Å². The SMILES string of the molecule is CNC(=O)NS(=O)(=O)c1ccc(CCNC(=O)c2cc(Cl)ccc2OC)cc1. The normalized spacial score (nSPS) is 10.8. The summed E-state index contributed by atoms with van der Waals surface area (Å²) >= 11 is 5.93. The Hall–Kier alpha value is -2.78. The number of hydrogen-bond donors (Lipinski definition) is 3. The number of benzene rings is 2. The highest BCUT2D eigenvalue weighted by atomic mass is 35.5. The van der Waals surface area contributed by atoms with Crippen LogP contribution in [0.4, 0.5) is 4.79 Å². The maximum Gasteiger partial charge on any atom is 0.328 e.